The van der Waals surface area contributed by atoms with E-state index in [2.05, 4.69) is 37.1 Å². The van der Waals surface area contributed by atoms with Crippen LogP contribution in [0.1, 0.15) is 10.4 Å². The zero-order chi connectivity index (χ0) is 25.7. The van der Waals surface area contributed by atoms with Gasteiger partial charge in [-0.3, -0.25) is 14.7 Å². The highest BCUT2D eigenvalue weighted by molar-refractivity contribution is 6.38. The number of hydrogen-bond donors (Lipinski definition) is 1. The van der Waals surface area contributed by atoms with Crippen LogP contribution in [0, 0.1) is 5.82 Å². The van der Waals surface area contributed by atoms with Gasteiger partial charge in [-0.25, -0.2) is 14.3 Å². The van der Waals surface area contributed by atoms with E-state index in [0.717, 1.165) is 37.6 Å². The molecule has 37 heavy (non-hydrogen) atoms. The quantitative estimate of drug-likeness (QED) is 0.529. The summed E-state index contributed by atoms with van der Waals surface area (Å²) in [7, 11) is 2.11. The highest BCUT2D eigenvalue weighted by Crippen LogP contribution is 2.37. The summed E-state index contributed by atoms with van der Waals surface area (Å²) in [6, 6.07) is 10.0. The molecule has 0 saturated carbocycles. The molecular formula is C25H23Cl2FN8O. The third-order valence-electron chi connectivity index (χ3n) is 6.69. The smallest absolute Gasteiger partial charge is 0.270 e. The van der Waals surface area contributed by atoms with Crippen LogP contribution in [0.15, 0.2) is 47.6 Å². The standard InChI is InChI=1S/C25H23Cl2FN8O/c1-33-9-11-34(12-10-33)20-6-5-15(13-18(20)27)31-24-30-14-16-22(32-24)35-8-7-29-25(35)36(23(16)37)21-17(26)3-2-4-19(21)28/h2-6,13-14H,7-12H2,1H3,(H,30,31,32). The van der Waals surface area contributed by atoms with Crippen LogP contribution >= 0.6 is 23.2 Å². The molecule has 3 aromatic rings. The molecule has 1 N–H and O–H groups in total. The number of piperazine rings is 1. The molecule has 0 radical (unpaired) electrons. The van der Waals surface area contributed by atoms with E-state index in [1.165, 1.54) is 29.3 Å². The first-order valence-corrected chi connectivity index (χ1v) is 12.6. The van der Waals surface area contributed by atoms with Crippen molar-refractivity contribution < 1.29 is 9.18 Å². The fourth-order valence-electron chi connectivity index (χ4n) is 4.75. The second-order valence-electron chi connectivity index (χ2n) is 9.06. The number of guanidine groups is 1. The third-order valence-corrected chi connectivity index (χ3v) is 7.29. The van der Waals surface area contributed by atoms with Crippen LogP contribution < -0.4 is 20.0 Å². The first-order chi connectivity index (χ1) is 17.9. The van der Waals surface area contributed by atoms with Crippen molar-refractivity contribution >= 4 is 63.9 Å². The number of carbonyl (C=O) groups excluding carboxylic acids is 1. The van der Waals surface area contributed by atoms with Crippen molar-refractivity contribution in [2.75, 3.05) is 66.3 Å². The average molecular weight is 541 g/mol. The highest BCUT2D eigenvalue weighted by Gasteiger charge is 2.41. The molecule has 0 unspecified atom stereocenters. The average Bonchev–Trinajstić information content (AvgIpc) is 3.36. The van der Waals surface area contributed by atoms with Crippen molar-refractivity contribution in [1.82, 2.24) is 14.9 Å². The number of para-hydroxylation sites is 1. The number of fused-ring (bicyclic) bond motifs is 3. The van der Waals surface area contributed by atoms with Crippen LogP contribution in [0.3, 0.4) is 0 Å². The van der Waals surface area contributed by atoms with E-state index >= 15 is 0 Å². The number of halogens is 3. The minimum atomic E-state index is -0.616. The van der Waals surface area contributed by atoms with E-state index in [4.69, 9.17) is 23.2 Å². The molecular weight excluding hydrogens is 518 g/mol. The number of carbonyl (C=O) groups is 1. The Kier molecular flexibility index (Phi) is 6.10. The first-order valence-electron chi connectivity index (χ1n) is 11.9. The number of hydrogen-bond acceptors (Lipinski definition) is 8. The number of anilines is 5. The zero-order valence-electron chi connectivity index (χ0n) is 20.0. The fourth-order valence-corrected chi connectivity index (χ4v) is 5.30. The van der Waals surface area contributed by atoms with Gasteiger partial charge in [-0.05, 0) is 37.4 Å². The molecule has 1 saturated heterocycles. The second kappa shape index (κ2) is 9.44. The topological polar surface area (TPSA) is 80.2 Å². The Morgan fingerprint density at radius 3 is 2.59 bits per heavy atom. The number of nitrogens with zero attached hydrogens (tertiary/aromatic N) is 7. The lowest BCUT2D eigenvalue weighted by molar-refractivity contribution is 0.0999. The molecule has 3 aliphatic heterocycles. The normalized spacial score (nSPS) is 17.6. The first kappa shape index (κ1) is 23.9. The van der Waals surface area contributed by atoms with Crippen LogP contribution in [0.5, 0.6) is 0 Å². The van der Waals surface area contributed by atoms with Crippen LogP contribution in [-0.4, -0.2) is 73.1 Å². The van der Waals surface area contributed by atoms with Gasteiger partial charge in [0.1, 0.15) is 17.1 Å². The number of likely N-dealkylation sites (N-methyl/N-ethyl adjacent to an activating group) is 1. The fraction of sp³-hybridized carbons (Fsp3) is 0.280. The van der Waals surface area contributed by atoms with E-state index in [1.54, 1.807) is 4.90 Å². The molecule has 1 fully saturated rings. The van der Waals surface area contributed by atoms with Crippen LogP contribution in [0.4, 0.5) is 33.2 Å². The lowest BCUT2D eigenvalue weighted by atomic mass is 10.1. The predicted octanol–water partition coefficient (Wildman–Crippen LogP) is 4.25. The SMILES string of the molecule is CN1CCN(c2ccc(Nc3ncc4c(n3)N3CCN=C3N(c3c(F)cccc3Cl)C4=O)cc2Cl)CC1. The molecule has 190 valence electrons. The van der Waals surface area contributed by atoms with Gasteiger partial charge in [0.25, 0.3) is 5.91 Å². The number of amides is 1. The van der Waals surface area contributed by atoms with Crippen molar-refractivity contribution in [3.05, 3.63) is 64.0 Å². The molecule has 4 heterocycles. The van der Waals surface area contributed by atoms with Crippen molar-refractivity contribution in [2.45, 2.75) is 0 Å². The molecule has 0 atom stereocenters. The molecule has 1 aromatic heterocycles. The molecule has 0 aliphatic carbocycles. The van der Waals surface area contributed by atoms with E-state index in [9.17, 15) is 9.18 Å². The molecule has 0 bridgehead atoms. The third kappa shape index (κ3) is 4.24. The van der Waals surface area contributed by atoms with Crippen LogP contribution in [0.2, 0.25) is 10.0 Å². The number of rotatable bonds is 4. The maximum atomic E-state index is 14.7. The zero-order valence-corrected chi connectivity index (χ0v) is 21.5. The Labute approximate surface area is 223 Å². The molecule has 1 amide bonds. The minimum Gasteiger partial charge on any atom is -0.368 e. The van der Waals surface area contributed by atoms with Gasteiger partial charge in [-0.15, -0.1) is 0 Å². The van der Waals surface area contributed by atoms with E-state index in [1.807, 2.05) is 18.2 Å². The summed E-state index contributed by atoms with van der Waals surface area (Å²) in [6.45, 7) is 4.72. The van der Waals surface area contributed by atoms with Gasteiger partial charge < -0.3 is 15.1 Å². The lowest BCUT2D eigenvalue weighted by Crippen LogP contribution is -2.51. The van der Waals surface area contributed by atoms with Crippen molar-refractivity contribution in [2.24, 2.45) is 4.99 Å². The van der Waals surface area contributed by atoms with Crippen molar-refractivity contribution in [1.29, 1.82) is 0 Å². The molecule has 3 aliphatic rings. The Balaban J connectivity index is 1.29. The van der Waals surface area contributed by atoms with Gasteiger partial charge >= 0.3 is 0 Å². The summed E-state index contributed by atoms with van der Waals surface area (Å²) in [5.74, 6) is -0.116. The Morgan fingerprint density at radius 1 is 1.03 bits per heavy atom. The van der Waals surface area contributed by atoms with Crippen LogP contribution in [-0.2, 0) is 0 Å². The molecule has 12 heteroatoms. The number of aromatic nitrogens is 2. The van der Waals surface area contributed by atoms with Crippen LogP contribution in [0.25, 0.3) is 0 Å². The van der Waals surface area contributed by atoms with E-state index in [0.29, 0.717) is 29.9 Å². The minimum absolute atomic E-state index is 0.0391. The summed E-state index contributed by atoms with van der Waals surface area (Å²) < 4.78 is 14.7. The second-order valence-corrected chi connectivity index (χ2v) is 9.87. The summed E-state index contributed by atoms with van der Waals surface area (Å²) in [6.07, 6.45) is 1.43. The summed E-state index contributed by atoms with van der Waals surface area (Å²) in [5, 5.41) is 3.93. The van der Waals surface area contributed by atoms with Gasteiger partial charge in [0, 0.05) is 44.6 Å². The molecule has 6 rings (SSSR count). The Bertz CT molecular complexity index is 1410. The lowest BCUT2D eigenvalue weighted by Gasteiger charge is -2.35. The van der Waals surface area contributed by atoms with Crippen molar-refractivity contribution in [3.8, 4) is 0 Å². The summed E-state index contributed by atoms with van der Waals surface area (Å²) in [5.41, 5.74) is 1.90. The summed E-state index contributed by atoms with van der Waals surface area (Å²) in [4.78, 5) is 34.4. The molecule has 0 spiro atoms. The Morgan fingerprint density at radius 2 is 1.84 bits per heavy atom. The van der Waals surface area contributed by atoms with E-state index in [-0.39, 0.29) is 22.2 Å². The number of benzene rings is 2. The number of aliphatic imine (C=N–C) groups is 1. The van der Waals surface area contributed by atoms with Gasteiger partial charge in [-0.1, -0.05) is 29.3 Å². The Hall–Kier alpha value is -3.47. The maximum Gasteiger partial charge on any atom is 0.270 e. The maximum absolute atomic E-state index is 14.7. The predicted molar refractivity (Wildman–Crippen MR) is 144 cm³/mol. The largest absolute Gasteiger partial charge is 0.368 e. The monoisotopic (exact) mass is 540 g/mol. The van der Waals surface area contributed by atoms with Gasteiger partial charge in [0.2, 0.25) is 11.9 Å². The summed E-state index contributed by atoms with van der Waals surface area (Å²) >= 11 is 12.9. The van der Waals surface area contributed by atoms with Gasteiger partial charge in [0.05, 0.1) is 22.3 Å². The van der Waals surface area contributed by atoms with Crippen molar-refractivity contribution in [3.63, 3.8) is 0 Å². The van der Waals surface area contributed by atoms with Gasteiger partial charge in [-0.2, -0.15) is 4.98 Å². The molecule has 9 nitrogen and oxygen atoms in total. The highest BCUT2D eigenvalue weighted by atomic mass is 35.5. The van der Waals surface area contributed by atoms with Gasteiger partial charge in [0.15, 0.2) is 5.82 Å². The molecule has 2 aromatic carbocycles. The van der Waals surface area contributed by atoms with E-state index < -0.39 is 11.7 Å². The number of nitrogens with one attached hydrogen (secondary N) is 1.